The minimum atomic E-state index is -0.542. The third kappa shape index (κ3) is 1.30. The van der Waals surface area contributed by atoms with E-state index in [1.165, 1.54) is 6.20 Å². The molecule has 0 spiro atoms. The SMILES string of the molecule is Cc1cnc(=O)n([B]C#N)c1N. The predicted molar refractivity (Wildman–Crippen MR) is 44.4 cm³/mol. The zero-order chi connectivity index (χ0) is 9.14. The summed E-state index contributed by atoms with van der Waals surface area (Å²) in [7, 11) is 1.03. The van der Waals surface area contributed by atoms with Crippen LogP contribution in [0.5, 0.6) is 0 Å². The van der Waals surface area contributed by atoms with E-state index in [2.05, 4.69) is 4.98 Å². The fourth-order valence-electron chi connectivity index (χ4n) is 0.756. The Kier molecular flexibility index (Phi) is 2.15. The van der Waals surface area contributed by atoms with E-state index in [1.54, 1.807) is 12.9 Å². The number of hydrogen-bond acceptors (Lipinski definition) is 4. The summed E-state index contributed by atoms with van der Waals surface area (Å²) in [6.07, 6.45) is 1.37. The van der Waals surface area contributed by atoms with Gasteiger partial charge in [-0.1, -0.05) is 0 Å². The van der Waals surface area contributed by atoms with Gasteiger partial charge in [-0.3, -0.25) is 0 Å². The number of aryl methyl sites for hydroxylation is 1. The van der Waals surface area contributed by atoms with Gasteiger partial charge in [0.15, 0.2) is 0 Å². The van der Waals surface area contributed by atoms with Crippen LogP contribution in [0.4, 0.5) is 5.82 Å². The molecule has 0 unspecified atom stereocenters. The summed E-state index contributed by atoms with van der Waals surface area (Å²) in [5.74, 6) is 1.96. The maximum atomic E-state index is 11.0. The van der Waals surface area contributed by atoms with Crippen LogP contribution in [0, 0.1) is 18.2 Å². The Balaban J connectivity index is 3.35. The Morgan fingerprint density at radius 2 is 2.50 bits per heavy atom. The number of nitrogen functional groups attached to an aromatic ring is 1. The molecule has 0 saturated carbocycles. The second kappa shape index (κ2) is 3.09. The van der Waals surface area contributed by atoms with Gasteiger partial charge in [0.2, 0.25) is 0 Å². The van der Waals surface area contributed by atoms with Gasteiger partial charge in [0, 0.05) is 17.7 Å². The fraction of sp³-hybridized carbons (Fsp3) is 0.167. The molecule has 0 aromatic carbocycles. The van der Waals surface area contributed by atoms with E-state index >= 15 is 0 Å². The standard InChI is InChI=1S/C6H6BN4O/c1-4-2-10-6(12)11(5(4)9)7-3-8/h2H,9H2,1H3. The Hall–Kier alpha value is -1.77. The van der Waals surface area contributed by atoms with E-state index < -0.39 is 5.69 Å². The molecule has 0 fully saturated rings. The van der Waals surface area contributed by atoms with Crippen LogP contribution in [-0.4, -0.2) is 16.9 Å². The van der Waals surface area contributed by atoms with Gasteiger partial charge >= 0.3 is 13.1 Å². The van der Waals surface area contributed by atoms with Crippen molar-refractivity contribution in [2.75, 3.05) is 5.73 Å². The van der Waals surface area contributed by atoms with Crippen LogP contribution >= 0.6 is 0 Å². The summed E-state index contributed by atoms with van der Waals surface area (Å²) in [6, 6.07) is 0. The van der Waals surface area contributed by atoms with Crippen molar-refractivity contribution in [3.05, 3.63) is 22.2 Å². The number of anilines is 1. The molecule has 0 aliphatic rings. The maximum absolute atomic E-state index is 11.0. The van der Waals surface area contributed by atoms with E-state index in [0.717, 1.165) is 11.9 Å². The summed E-state index contributed by atoms with van der Waals surface area (Å²) >= 11 is 0. The van der Waals surface area contributed by atoms with Gasteiger partial charge in [-0.05, 0) is 6.92 Å². The van der Waals surface area contributed by atoms with Crippen molar-refractivity contribution in [3.63, 3.8) is 0 Å². The molecule has 0 amide bonds. The Bertz CT molecular complexity index is 392. The molecule has 1 aromatic rings. The van der Waals surface area contributed by atoms with E-state index in [4.69, 9.17) is 11.0 Å². The zero-order valence-electron chi connectivity index (χ0n) is 6.48. The van der Waals surface area contributed by atoms with Gasteiger partial charge < -0.3 is 10.2 Å². The van der Waals surface area contributed by atoms with Crippen molar-refractivity contribution in [3.8, 4) is 5.97 Å². The molecule has 1 radical (unpaired) electrons. The molecule has 2 N–H and O–H groups in total. The third-order valence-corrected chi connectivity index (χ3v) is 1.43. The Labute approximate surface area is 69.7 Å². The molecule has 1 heterocycles. The molecule has 5 nitrogen and oxygen atoms in total. The first-order chi connectivity index (χ1) is 5.66. The average molecular weight is 161 g/mol. The van der Waals surface area contributed by atoms with Crippen LogP contribution < -0.4 is 11.4 Å². The van der Waals surface area contributed by atoms with Gasteiger partial charge in [-0.2, -0.15) is 0 Å². The quantitative estimate of drug-likeness (QED) is 0.539. The first-order valence-corrected chi connectivity index (χ1v) is 3.23. The second-order valence-electron chi connectivity index (χ2n) is 2.24. The molecule has 12 heavy (non-hydrogen) atoms. The zero-order valence-corrected chi connectivity index (χ0v) is 6.48. The molecule has 6 heteroatoms. The monoisotopic (exact) mass is 161 g/mol. The molecule has 1 aromatic heterocycles. The van der Waals surface area contributed by atoms with Gasteiger partial charge in [-0.25, -0.2) is 15.0 Å². The van der Waals surface area contributed by atoms with Crippen LogP contribution in [0.25, 0.3) is 0 Å². The van der Waals surface area contributed by atoms with Crippen LogP contribution in [0.15, 0.2) is 11.0 Å². The summed E-state index contributed by atoms with van der Waals surface area (Å²) in [5.41, 5.74) is 5.64. The van der Waals surface area contributed by atoms with Crippen molar-refractivity contribution >= 4 is 13.2 Å². The highest BCUT2D eigenvalue weighted by molar-refractivity contribution is 6.43. The van der Waals surface area contributed by atoms with Crippen molar-refractivity contribution in [1.29, 1.82) is 5.26 Å². The van der Waals surface area contributed by atoms with Crippen LogP contribution in [0.2, 0.25) is 0 Å². The Morgan fingerprint density at radius 3 is 3.08 bits per heavy atom. The maximum Gasteiger partial charge on any atom is 0.397 e. The average Bonchev–Trinajstić information content (AvgIpc) is 2.06. The first kappa shape index (κ1) is 8.33. The number of rotatable bonds is 1. The number of nitrogens with two attached hydrogens (primary N) is 1. The third-order valence-electron chi connectivity index (χ3n) is 1.43. The highest BCUT2D eigenvalue weighted by atomic mass is 16.1. The van der Waals surface area contributed by atoms with Gasteiger partial charge in [0.25, 0.3) is 0 Å². The molecular weight excluding hydrogens is 155 g/mol. The summed E-state index contributed by atoms with van der Waals surface area (Å²) in [5, 5.41) is 8.31. The minimum absolute atomic E-state index is 0.247. The highest BCUT2D eigenvalue weighted by Gasteiger charge is 2.04. The van der Waals surface area contributed by atoms with E-state index in [1.807, 2.05) is 0 Å². The van der Waals surface area contributed by atoms with Crippen molar-refractivity contribution in [2.24, 2.45) is 0 Å². The smallest absolute Gasteiger partial charge is 0.386 e. The normalized spacial score (nSPS) is 9.00. The summed E-state index contributed by atoms with van der Waals surface area (Å²) in [4.78, 5) is 14.5. The number of nitriles is 1. The molecule has 0 atom stereocenters. The first-order valence-electron chi connectivity index (χ1n) is 3.23. The minimum Gasteiger partial charge on any atom is -0.386 e. The number of aromatic nitrogens is 2. The van der Waals surface area contributed by atoms with E-state index in [0.29, 0.717) is 5.56 Å². The molecule has 59 valence electrons. The summed E-state index contributed by atoms with van der Waals surface area (Å²) in [6.45, 7) is 1.71. The lowest BCUT2D eigenvalue weighted by molar-refractivity contribution is 0.991. The number of nitrogens with zero attached hydrogens (tertiary/aromatic N) is 3. The second-order valence-corrected chi connectivity index (χ2v) is 2.24. The van der Waals surface area contributed by atoms with Crippen molar-refractivity contribution < 1.29 is 0 Å². The van der Waals surface area contributed by atoms with Crippen molar-refractivity contribution in [1.82, 2.24) is 9.46 Å². The molecule has 1 rings (SSSR count). The lowest BCUT2D eigenvalue weighted by Crippen LogP contribution is -2.29. The topological polar surface area (TPSA) is 84.7 Å². The molecule has 0 aliphatic heterocycles. The van der Waals surface area contributed by atoms with Crippen molar-refractivity contribution in [2.45, 2.75) is 6.92 Å². The van der Waals surface area contributed by atoms with Crippen LogP contribution in [-0.2, 0) is 0 Å². The lowest BCUT2D eigenvalue weighted by Gasteiger charge is -2.04. The Morgan fingerprint density at radius 1 is 1.83 bits per heavy atom. The number of hydrogen-bond donors (Lipinski definition) is 1. The van der Waals surface area contributed by atoms with Gasteiger partial charge in [0.1, 0.15) is 0 Å². The molecular formula is C6H6BN4O. The van der Waals surface area contributed by atoms with Gasteiger partial charge in [0.05, 0.1) is 5.82 Å². The highest BCUT2D eigenvalue weighted by Crippen LogP contribution is 2.02. The largest absolute Gasteiger partial charge is 0.397 e. The van der Waals surface area contributed by atoms with Crippen LogP contribution in [0.3, 0.4) is 0 Å². The van der Waals surface area contributed by atoms with E-state index in [-0.39, 0.29) is 5.82 Å². The van der Waals surface area contributed by atoms with Gasteiger partial charge in [-0.15, -0.1) is 0 Å². The summed E-state index contributed by atoms with van der Waals surface area (Å²) < 4.78 is 1.01. The molecule has 0 saturated heterocycles. The fourth-order valence-corrected chi connectivity index (χ4v) is 0.756. The lowest BCUT2D eigenvalue weighted by atomic mass is 9.98. The molecule has 0 aliphatic carbocycles. The van der Waals surface area contributed by atoms with Crippen LogP contribution in [0.1, 0.15) is 5.56 Å². The van der Waals surface area contributed by atoms with E-state index in [9.17, 15) is 4.79 Å². The molecule has 0 bridgehead atoms. The predicted octanol–water partition coefficient (Wildman–Crippen LogP) is -0.918.